The van der Waals surface area contributed by atoms with E-state index in [2.05, 4.69) is 15.5 Å². The summed E-state index contributed by atoms with van der Waals surface area (Å²) in [5, 5.41) is 6.67. The van der Waals surface area contributed by atoms with E-state index in [0.29, 0.717) is 0 Å². The summed E-state index contributed by atoms with van der Waals surface area (Å²) in [5.74, 6) is 0.298. The molecule has 0 radical (unpaired) electrons. The van der Waals surface area contributed by atoms with Crippen LogP contribution in [-0.4, -0.2) is 24.8 Å². The van der Waals surface area contributed by atoms with Crippen molar-refractivity contribution in [3.63, 3.8) is 0 Å². The maximum atomic E-state index is 11.7. The van der Waals surface area contributed by atoms with E-state index in [-0.39, 0.29) is 11.8 Å². The van der Waals surface area contributed by atoms with Crippen molar-refractivity contribution in [2.75, 3.05) is 11.6 Å². The zero-order chi connectivity index (χ0) is 14.1. The summed E-state index contributed by atoms with van der Waals surface area (Å²) in [6, 6.07) is 9.31. The van der Waals surface area contributed by atoms with Gasteiger partial charge in [0.2, 0.25) is 5.89 Å². The van der Waals surface area contributed by atoms with E-state index in [1.54, 1.807) is 0 Å². The molecule has 1 N–H and O–H groups in total. The average molecular weight is 281 g/mol. The first kappa shape index (κ1) is 13.5. The van der Waals surface area contributed by atoms with Crippen molar-refractivity contribution < 1.29 is 12.9 Å². The highest BCUT2D eigenvalue weighted by molar-refractivity contribution is 7.91. The van der Waals surface area contributed by atoms with Gasteiger partial charge in [-0.1, -0.05) is 18.2 Å². The fourth-order valence-electron chi connectivity index (χ4n) is 1.33. The summed E-state index contributed by atoms with van der Waals surface area (Å²) in [4.78, 5) is 4.08. The molecule has 6 nitrogen and oxygen atoms in total. The molecule has 0 spiro atoms. The first-order valence-electron chi connectivity index (χ1n) is 5.66. The van der Waals surface area contributed by atoms with Crippen molar-refractivity contribution in [1.82, 2.24) is 10.1 Å². The minimum atomic E-state index is -3.34. The van der Waals surface area contributed by atoms with Crippen LogP contribution in [0.2, 0.25) is 0 Å². The first-order valence-corrected chi connectivity index (χ1v) is 7.56. The van der Waals surface area contributed by atoms with E-state index in [0.717, 1.165) is 11.9 Å². The number of rotatable bonds is 4. The highest BCUT2D eigenvalue weighted by atomic mass is 32.2. The van der Waals surface area contributed by atoms with Gasteiger partial charge in [-0.3, -0.25) is 0 Å². The monoisotopic (exact) mass is 281 g/mol. The fourth-order valence-corrected chi connectivity index (χ4v) is 1.73. The molecular formula is C12H15N3O3S. The molecule has 0 aliphatic heterocycles. The van der Waals surface area contributed by atoms with Crippen LogP contribution < -0.4 is 5.32 Å². The van der Waals surface area contributed by atoms with Crippen molar-refractivity contribution in [1.29, 1.82) is 0 Å². The highest BCUT2D eigenvalue weighted by Gasteiger charge is 2.38. The number of benzene rings is 1. The van der Waals surface area contributed by atoms with Crippen LogP contribution in [-0.2, 0) is 14.6 Å². The zero-order valence-corrected chi connectivity index (χ0v) is 11.7. The van der Waals surface area contributed by atoms with Gasteiger partial charge in [-0.2, -0.15) is 4.98 Å². The topological polar surface area (TPSA) is 85.1 Å². The lowest BCUT2D eigenvalue weighted by Gasteiger charge is -2.16. The van der Waals surface area contributed by atoms with Gasteiger partial charge < -0.3 is 9.84 Å². The summed E-state index contributed by atoms with van der Waals surface area (Å²) in [6.45, 7) is 3.06. The normalized spacial score (nSPS) is 12.4. The lowest BCUT2D eigenvalue weighted by molar-refractivity contribution is 0.348. The molecular weight excluding hydrogens is 266 g/mol. The second kappa shape index (κ2) is 4.65. The molecule has 0 amide bonds. The second-order valence-electron chi connectivity index (χ2n) is 4.70. The largest absolute Gasteiger partial charge is 0.336 e. The van der Waals surface area contributed by atoms with Gasteiger partial charge in [-0.25, -0.2) is 8.42 Å². The third kappa shape index (κ3) is 2.76. The third-order valence-electron chi connectivity index (χ3n) is 2.90. The third-order valence-corrected chi connectivity index (χ3v) is 4.93. The molecule has 0 atom stereocenters. The molecule has 1 heterocycles. The van der Waals surface area contributed by atoms with Crippen molar-refractivity contribution in [2.45, 2.75) is 18.6 Å². The summed E-state index contributed by atoms with van der Waals surface area (Å²) < 4.78 is 27.2. The summed E-state index contributed by atoms with van der Waals surface area (Å²) in [7, 11) is -3.34. The van der Waals surface area contributed by atoms with Gasteiger partial charge in [-0.15, -0.1) is 0 Å². The first-order chi connectivity index (χ1) is 8.80. The van der Waals surface area contributed by atoms with Crippen molar-refractivity contribution in [3.8, 4) is 0 Å². The van der Waals surface area contributed by atoms with Crippen LogP contribution in [0.4, 0.5) is 11.6 Å². The Bertz CT molecular complexity index is 663. The van der Waals surface area contributed by atoms with Crippen LogP contribution in [0, 0.1) is 0 Å². The summed E-state index contributed by atoms with van der Waals surface area (Å²) >= 11 is 0. The van der Waals surface area contributed by atoms with Gasteiger partial charge in [0.1, 0.15) is 4.75 Å². The Labute approximate surface area is 111 Å². The van der Waals surface area contributed by atoms with Crippen LogP contribution in [0.15, 0.2) is 34.9 Å². The molecule has 0 aliphatic rings. The van der Waals surface area contributed by atoms with E-state index >= 15 is 0 Å². The van der Waals surface area contributed by atoms with Crippen molar-refractivity contribution in [3.05, 3.63) is 36.2 Å². The number of anilines is 2. The predicted molar refractivity (Wildman–Crippen MR) is 71.9 cm³/mol. The molecule has 0 saturated carbocycles. The molecule has 102 valence electrons. The average Bonchev–Trinajstić information content (AvgIpc) is 2.78. The molecule has 0 saturated heterocycles. The van der Waals surface area contributed by atoms with E-state index < -0.39 is 14.6 Å². The van der Waals surface area contributed by atoms with Crippen molar-refractivity contribution in [2.24, 2.45) is 0 Å². The Morgan fingerprint density at radius 2 is 1.84 bits per heavy atom. The van der Waals surface area contributed by atoms with Crippen molar-refractivity contribution >= 4 is 21.5 Å². The molecule has 2 rings (SSSR count). The van der Waals surface area contributed by atoms with Crippen LogP contribution in [0.3, 0.4) is 0 Å². The smallest absolute Gasteiger partial charge is 0.267 e. The summed E-state index contributed by atoms with van der Waals surface area (Å²) in [6.07, 6.45) is 1.14. The molecule has 19 heavy (non-hydrogen) atoms. The Balaban J connectivity index is 2.25. The number of hydrogen-bond donors (Lipinski definition) is 1. The molecule has 1 aromatic heterocycles. The molecule has 0 aliphatic carbocycles. The molecule has 2 aromatic rings. The van der Waals surface area contributed by atoms with Crippen LogP contribution >= 0.6 is 0 Å². The Kier molecular flexibility index (Phi) is 3.32. The Morgan fingerprint density at radius 1 is 1.21 bits per heavy atom. The minimum absolute atomic E-state index is 0.0634. The Morgan fingerprint density at radius 3 is 2.42 bits per heavy atom. The van der Waals surface area contributed by atoms with Crippen LogP contribution in [0.1, 0.15) is 19.7 Å². The number of aromatic nitrogens is 2. The fraction of sp³-hybridized carbons (Fsp3) is 0.333. The second-order valence-corrected chi connectivity index (χ2v) is 7.26. The molecule has 0 unspecified atom stereocenters. The lowest BCUT2D eigenvalue weighted by Crippen LogP contribution is -2.28. The van der Waals surface area contributed by atoms with E-state index in [1.165, 1.54) is 13.8 Å². The lowest BCUT2D eigenvalue weighted by atomic mass is 10.2. The van der Waals surface area contributed by atoms with Gasteiger partial charge in [-0.05, 0) is 31.1 Å². The van der Waals surface area contributed by atoms with Crippen LogP contribution in [0.25, 0.3) is 0 Å². The Hall–Kier alpha value is -1.89. The van der Waals surface area contributed by atoms with Gasteiger partial charge in [0.05, 0.1) is 0 Å². The van der Waals surface area contributed by atoms with E-state index in [4.69, 9.17) is 4.52 Å². The van der Waals surface area contributed by atoms with Gasteiger partial charge >= 0.3 is 0 Å². The number of nitrogens with one attached hydrogen (secondary N) is 1. The molecule has 7 heteroatoms. The highest BCUT2D eigenvalue weighted by Crippen LogP contribution is 2.28. The van der Waals surface area contributed by atoms with Crippen LogP contribution in [0.5, 0.6) is 0 Å². The maximum absolute atomic E-state index is 11.7. The maximum Gasteiger partial charge on any atom is 0.267 e. The number of para-hydroxylation sites is 1. The standard InChI is InChI=1S/C12H15N3O3S/c1-12(2,19(3,16)17)10-14-11(15-18-10)13-9-7-5-4-6-8-9/h4-8H,1-3H3,(H,13,15). The van der Waals surface area contributed by atoms with Gasteiger partial charge in [0.15, 0.2) is 9.84 Å². The zero-order valence-electron chi connectivity index (χ0n) is 10.9. The van der Waals surface area contributed by atoms with E-state index in [9.17, 15) is 8.42 Å². The minimum Gasteiger partial charge on any atom is -0.336 e. The quantitative estimate of drug-likeness (QED) is 0.923. The molecule has 0 fully saturated rings. The summed E-state index contributed by atoms with van der Waals surface area (Å²) in [5.41, 5.74) is 0.798. The van der Waals surface area contributed by atoms with Gasteiger partial charge in [0.25, 0.3) is 5.95 Å². The number of hydrogen-bond acceptors (Lipinski definition) is 6. The number of nitrogens with zero attached hydrogens (tertiary/aromatic N) is 2. The molecule has 1 aromatic carbocycles. The SMILES string of the molecule is CC(C)(c1nc(Nc2ccccc2)no1)S(C)(=O)=O. The van der Waals surface area contributed by atoms with E-state index in [1.807, 2.05) is 30.3 Å². The molecule has 0 bridgehead atoms. The van der Waals surface area contributed by atoms with Gasteiger partial charge in [0, 0.05) is 11.9 Å². The predicted octanol–water partition coefficient (Wildman–Crippen LogP) is 2.09. The number of sulfone groups is 1.